The number of rotatable bonds is 1. The van der Waals surface area contributed by atoms with Gasteiger partial charge in [-0.05, 0) is 31.3 Å². The molecular formula is C15H20O5. The van der Waals surface area contributed by atoms with Gasteiger partial charge in [0.05, 0.1) is 12.4 Å². The first-order valence-corrected chi connectivity index (χ1v) is 7.00. The monoisotopic (exact) mass is 280 g/mol. The molecule has 0 aromatic carbocycles. The molecule has 2 aliphatic carbocycles. The number of allylic oxidation sites excluding steroid dienone is 2. The van der Waals surface area contributed by atoms with Gasteiger partial charge < -0.3 is 20.1 Å². The predicted octanol–water partition coefficient (Wildman–Crippen LogP) is 1.07. The third-order valence-corrected chi connectivity index (χ3v) is 5.30. The maximum absolute atomic E-state index is 11.9. The Bertz CT molecular complexity index is 508. The first-order valence-electron chi connectivity index (χ1n) is 7.00. The van der Waals surface area contributed by atoms with Gasteiger partial charge in [-0.2, -0.15) is 0 Å². The van der Waals surface area contributed by atoms with Gasteiger partial charge in [-0.3, -0.25) is 0 Å². The molecular weight excluding hydrogens is 260 g/mol. The summed E-state index contributed by atoms with van der Waals surface area (Å²) in [6.07, 6.45) is 1.26. The molecule has 20 heavy (non-hydrogen) atoms. The summed E-state index contributed by atoms with van der Waals surface area (Å²) in [6.45, 7) is 5.28. The van der Waals surface area contributed by atoms with E-state index in [4.69, 9.17) is 4.74 Å². The lowest BCUT2D eigenvalue weighted by Gasteiger charge is -2.28. The Morgan fingerprint density at radius 1 is 1.50 bits per heavy atom. The highest BCUT2D eigenvalue weighted by atomic mass is 16.6. The van der Waals surface area contributed by atoms with E-state index in [-0.39, 0.29) is 11.8 Å². The molecule has 5 nitrogen and oxygen atoms in total. The minimum absolute atomic E-state index is 0.0545. The average Bonchev–Trinajstić information content (AvgIpc) is 2.79. The molecule has 0 radical (unpaired) electrons. The molecule has 3 rings (SSSR count). The second-order valence-corrected chi connectivity index (χ2v) is 6.22. The number of hydrogen-bond acceptors (Lipinski definition) is 5. The second-order valence-electron chi connectivity index (χ2n) is 6.22. The minimum Gasteiger partial charge on any atom is -0.512 e. The highest BCUT2D eigenvalue weighted by molar-refractivity contribution is 5.82. The highest BCUT2D eigenvalue weighted by Gasteiger charge is 2.61. The van der Waals surface area contributed by atoms with Crippen LogP contribution in [0.3, 0.4) is 0 Å². The van der Waals surface area contributed by atoms with E-state index in [1.165, 1.54) is 0 Å². The van der Waals surface area contributed by atoms with Crippen LogP contribution in [0.25, 0.3) is 0 Å². The zero-order valence-corrected chi connectivity index (χ0v) is 11.5. The Labute approximate surface area is 117 Å². The third kappa shape index (κ3) is 1.59. The maximum Gasteiger partial charge on any atom is 0.341 e. The Hall–Kier alpha value is -1.33. The van der Waals surface area contributed by atoms with Crippen LogP contribution in [0.15, 0.2) is 23.5 Å². The minimum atomic E-state index is -1.82. The number of carbonyl (C=O) groups excluding carboxylic acids is 1. The van der Waals surface area contributed by atoms with Crippen LogP contribution in [0.5, 0.6) is 0 Å². The average molecular weight is 280 g/mol. The molecule has 1 saturated carbocycles. The number of esters is 1. The summed E-state index contributed by atoms with van der Waals surface area (Å²) >= 11 is 0. The van der Waals surface area contributed by atoms with Crippen molar-refractivity contribution in [3.05, 3.63) is 23.5 Å². The quantitative estimate of drug-likeness (QED) is 0.494. The van der Waals surface area contributed by atoms with E-state index in [0.717, 1.165) is 11.1 Å². The van der Waals surface area contributed by atoms with E-state index in [9.17, 15) is 20.1 Å². The Morgan fingerprint density at radius 2 is 2.20 bits per heavy atom. The Balaban J connectivity index is 2.04. The fraction of sp³-hybridized carbons (Fsp3) is 0.667. The predicted molar refractivity (Wildman–Crippen MR) is 70.7 cm³/mol. The fourth-order valence-corrected chi connectivity index (χ4v) is 4.03. The van der Waals surface area contributed by atoms with E-state index in [0.29, 0.717) is 25.0 Å². The summed E-state index contributed by atoms with van der Waals surface area (Å²) in [5.74, 6) is -0.955. The van der Waals surface area contributed by atoms with Gasteiger partial charge in [-0.15, -0.1) is 0 Å². The van der Waals surface area contributed by atoms with Crippen molar-refractivity contribution in [1.82, 2.24) is 0 Å². The molecule has 0 aromatic heterocycles. The van der Waals surface area contributed by atoms with Crippen LogP contribution < -0.4 is 0 Å². The van der Waals surface area contributed by atoms with Crippen LogP contribution in [-0.2, 0) is 9.53 Å². The van der Waals surface area contributed by atoms with Crippen LogP contribution in [0.2, 0.25) is 0 Å². The number of ether oxygens (including phenoxy) is 1. The molecule has 5 atom stereocenters. The molecule has 1 heterocycles. The van der Waals surface area contributed by atoms with Gasteiger partial charge in [-0.25, -0.2) is 4.79 Å². The molecule has 1 aliphatic heterocycles. The van der Waals surface area contributed by atoms with Gasteiger partial charge in [0.15, 0.2) is 5.60 Å². The third-order valence-electron chi connectivity index (χ3n) is 5.30. The van der Waals surface area contributed by atoms with Crippen molar-refractivity contribution < 1.29 is 24.9 Å². The van der Waals surface area contributed by atoms with Crippen LogP contribution in [0.4, 0.5) is 0 Å². The van der Waals surface area contributed by atoms with Crippen LogP contribution in [0.1, 0.15) is 26.2 Å². The molecule has 1 saturated heterocycles. The normalized spacial score (nSPS) is 44.1. The van der Waals surface area contributed by atoms with Gasteiger partial charge in [0.25, 0.3) is 0 Å². The number of aliphatic hydroxyl groups excluding tert-OH is 2. The molecule has 0 amide bonds. The summed E-state index contributed by atoms with van der Waals surface area (Å²) < 4.78 is 5.40. The van der Waals surface area contributed by atoms with Crippen molar-refractivity contribution in [3.63, 3.8) is 0 Å². The zero-order chi connectivity index (χ0) is 14.7. The van der Waals surface area contributed by atoms with Crippen LogP contribution >= 0.6 is 0 Å². The summed E-state index contributed by atoms with van der Waals surface area (Å²) in [5, 5.41) is 29.8. The van der Waals surface area contributed by atoms with Crippen LogP contribution in [0, 0.1) is 17.8 Å². The van der Waals surface area contributed by atoms with E-state index in [1.807, 2.05) is 6.92 Å². The molecule has 110 valence electrons. The maximum atomic E-state index is 11.9. The lowest BCUT2D eigenvalue weighted by molar-refractivity contribution is -0.159. The van der Waals surface area contributed by atoms with Gasteiger partial charge in [-0.1, -0.05) is 12.2 Å². The molecule has 0 aromatic rings. The second kappa shape index (κ2) is 4.33. The van der Waals surface area contributed by atoms with Crippen molar-refractivity contribution in [2.24, 2.45) is 17.8 Å². The first-order chi connectivity index (χ1) is 9.40. The summed E-state index contributed by atoms with van der Waals surface area (Å²) in [6, 6.07) is 0. The molecule has 0 bridgehead atoms. The van der Waals surface area contributed by atoms with E-state index in [1.54, 1.807) is 0 Å². The van der Waals surface area contributed by atoms with E-state index >= 15 is 0 Å². The van der Waals surface area contributed by atoms with Gasteiger partial charge >= 0.3 is 5.97 Å². The lowest BCUT2D eigenvalue weighted by atomic mass is 9.77. The number of fused-ring (bicyclic) bond motifs is 3. The van der Waals surface area contributed by atoms with Crippen molar-refractivity contribution >= 4 is 5.97 Å². The van der Waals surface area contributed by atoms with E-state index < -0.39 is 30.2 Å². The molecule has 2 fully saturated rings. The number of aliphatic hydroxyl groups is 3. The topological polar surface area (TPSA) is 87.0 Å². The smallest absolute Gasteiger partial charge is 0.341 e. The molecule has 5 heteroatoms. The molecule has 5 unspecified atom stereocenters. The standard InChI is InChI=1S/C15H20O5/c1-7-3-4-10-13(20-14(18)15(10,19)6-16)12-8(2)11(17)5-9(7)12/h9-10,12-13,16-17,19H,1,3-6H2,2H3. The van der Waals surface area contributed by atoms with Crippen molar-refractivity contribution in [1.29, 1.82) is 0 Å². The van der Waals surface area contributed by atoms with Gasteiger partial charge in [0.1, 0.15) is 6.10 Å². The van der Waals surface area contributed by atoms with Gasteiger partial charge in [0.2, 0.25) is 0 Å². The van der Waals surface area contributed by atoms with Gasteiger partial charge in [0, 0.05) is 18.3 Å². The van der Waals surface area contributed by atoms with Crippen molar-refractivity contribution in [2.45, 2.75) is 37.9 Å². The summed E-state index contributed by atoms with van der Waals surface area (Å²) in [4.78, 5) is 11.9. The van der Waals surface area contributed by atoms with Crippen molar-refractivity contribution in [2.75, 3.05) is 6.61 Å². The highest BCUT2D eigenvalue weighted by Crippen LogP contribution is 2.52. The SMILES string of the molecule is C=C1CCC2C(OC(=O)C2(O)CO)C2C(C)=C(O)CC12. The summed E-state index contributed by atoms with van der Waals surface area (Å²) in [7, 11) is 0. The largest absolute Gasteiger partial charge is 0.512 e. The van der Waals surface area contributed by atoms with Crippen LogP contribution in [-0.4, -0.2) is 39.6 Å². The fourth-order valence-electron chi connectivity index (χ4n) is 4.03. The zero-order valence-electron chi connectivity index (χ0n) is 11.5. The lowest BCUT2D eigenvalue weighted by Crippen LogP contribution is -2.46. The number of hydrogen-bond donors (Lipinski definition) is 3. The van der Waals surface area contributed by atoms with Crippen molar-refractivity contribution in [3.8, 4) is 0 Å². The molecule has 0 spiro atoms. The molecule has 3 N–H and O–H groups in total. The Kier molecular flexibility index (Phi) is 2.95. The first kappa shape index (κ1) is 13.6. The Morgan fingerprint density at radius 3 is 2.85 bits per heavy atom. The molecule has 3 aliphatic rings. The summed E-state index contributed by atoms with van der Waals surface area (Å²) in [5.41, 5.74) is 0.00499. The van der Waals surface area contributed by atoms with E-state index in [2.05, 4.69) is 6.58 Å². The number of carbonyl (C=O) groups is 1.